The van der Waals surface area contributed by atoms with Gasteiger partial charge in [0, 0.05) is 6.07 Å². The topological polar surface area (TPSA) is 57.5 Å². The molecule has 0 spiro atoms. The van der Waals surface area contributed by atoms with Gasteiger partial charge in [-0.25, -0.2) is 0 Å². The van der Waals surface area contributed by atoms with Crippen molar-refractivity contribution in [2.45, 2.75) is 6.92 Å². The number of ketones is 1. The molecule has 0 bridgehead atoms. The van der Waals surface area contributed by atoms with E-state index in [2.05, 4.69) is 0 Å². The average Bonchev–Trinajstić information content (AvgIpc) is 2.39. The lowest BCUT2D eigenvalue weighted by Gasteiger charge is -2.05. The molecular formula is C16H14O3. The predicted molar refractivity (Wildman–Crippen MR) is 74.2 cm³/mol. The Kier molecular flexibility index (Phi) is 3.66. The number of benzene rings is 2. The van der Waals surface area contributed by atoms with E-state index < -0.39 is 0 Å². The highest BCUT2D eigenvalue weighted by Gasteiger charge is 2.13. The van der Waals surface area contributed by atoms with Gasteiger partial charge in [0.15, 0.2) is 5.78 Å². The summed E-state index contributed by atoms with van der Waals surface area (Å²) in [6.07, 6.45) is 1.76. The number of hydrogen-bond acceptors (Lipinski definition) is 3. The zero-order valence-electron chi connectivity index (χ0n) is 10.5. The highest BCUT2D eigenvalue weighted by atomic mass is 16.3. The summed E-state index contributed by atoms with van der Waals surface area (Å²) in [6, 6.07) is 13.4. The van der Waals surface area contributed by atoms with Gasteiger partial charge in [0.05, 0.1) is 5.56 Å². The second kappa shape index (κ2) is 5.40. The van der Waals surface area contributed by atoms with Gasteiger partial charge in [-0.1, -0.05) is 30.3 Å². The minimum atomic E-state index is -0.263. The molecule has 0 saturated carbocycles. The summed E-state index contributed by atoms with van der Waals surface area (Å²) in [6.45, 7) is 1.70. The third-order valence-corrected chi connectivity index (χ3v) is 2.77. The number of rotatable bonds is 3. The second-order valence-corrected chi connectivity index (χ2v) is 4.27. The molecule has 0 unspecified atom stereocenters. The fourth-order valence-corrected chi connectivity index (χ4v) is 1.79. The molecule has 2 rings (SSSR count). The van der Waals surface area contributed by atoms with Crippen molar-refractivity contribution in [2.75, 3.05) is 0 Å². The molecule has 0 saturated heterocycles. The molecule has 3 nitrogen and oxygen atoms in total. The lowest BCUT2D eigenvalue weighted by Crippen LogP contribution is -2.00. The third-order valence-electron chi connectivity index (χ3n) is 2.77. The van der Waals surface area contributed by atoms with E-state index in [0.717, 1.165) is 11.6 Å². The zero-order chi connectivity index (χ0) is 13.8. The number of hydrogen-bond donors (Lipinski definition) is 2. The molecule has 0 aromatic heterocycles. The van der Waals surface area contributed by atoms with Gasteiger partial charge in [-0.15, -0.1) is 0 Å². The van der Waals surface area contributed by atoms with Crippen molar-refractivity contribution in [3.05, 3.63) is 65.2 Å². The molecule has 96 valence electrons. The molecular weight excluding hydrogens is 240 g/mol. The van der Waals surface area contributed by atoms with Gasteiger partial charge in [0.2, 0.25) is 0 Å². The van der Waals surface area contributed by atoms with Crippen molar-refractivity contribution in [3.63, 3.8) is 0 Å². The minimum absolute atomic E-state index is 0.0706. The van der Waals surface area contributed by atoms with Crippen molar-refractivity contribution >= 4 is 11.9 Å². The van der Waals surface area contributed by atoms with Crippen LogP contribution in [0.3, 0.4) is 0 Å². The number of Topliss-reactive ketones (excluding diaryl/α,β-unsaturated/α-hetero) is 1. The van der Waals surface area contributed by atoms with Crippen molar-refractivity contribution in [3.8, 4) is 11.5 Å². The number of allylic oxidation sites excluding steroid dienone is 1. The van der Waals surface area contributed by atoms with Crippen LogP contribution >= 0.6 is 0 Å². The molecule has 0 aliphatic heterocycles. The Hall–Kier alpha value is -2.55. The molecule has 19 heavy (non-hydrogen) atoms. The SMILES string of the molecule is C/C(=C\c1ccccc1)C(=O)c1ccc(O)cc1O. The highest BCUT2D eigenvalue weighted by molar-refractivity contribution is 6.12. The van der Waals surface area contributed by atoms with E-state index >= 15 is 0 Å². The number of phenolic OH excluding ortho intramolecular Hbond substituents is 2. The van der Waals surface area contributed by atoms with Crippen LogP contribution in [0, 0.1) is 0 Å². The monoisotopic (exact) mass is 254 g/mol. The fourth-order valence-electron chi connectivity index (χ4n) is 1.79. The Morgan fingerprint density at radius 3 is 2.37 bits per heavy atom. The first kappa shape index (κ1) is 12.9. The first-order chi connectivity index (χ1) is 9.08. The van der Waals surface area contributed by atoms with Crippen molar-refractivity contribution in [1.82, 2.24) is 0 Å². The predicted octanol–water partition coefficient (Wildman–Crippen LogP) is 3.38. The first-order valence-electron chi connectivity index (χ1n) is 5.88. The molecule has 2 aromatic carbocycles. The van der Waals surface area contributed by atoms with Gasteiger partial charge in [-0.2, -0.15) is 0 Å². The fraction of sp³-hybridized carbons (Fsp3) is 0.0625. The summed E-state index contributed by atoms with van der Waals surface area (Å²) in [5.41, 5.74) is 1.63. The Morgan fingerprint density at radius 1 is 1.05 bits per heavy atom. The normalized spacial score (nSPS) is 11.3. The summed E-state index contributed by atoms with van der Waals surface area (Å²) in [5, 5.41) is 18.9. The highest BCUT2D eigenvalue weighted by Crippen LogP contribution is 2.25. The maximum absolute atomic E-state index is 12.2. The van der Waals surface area contributed by atoms with E-state index in [1.807, 2.05) is 30.3 Å². The Bertz CT molecular complexity index is 628. The van der Waals surface area contributed by atoms with Gasteiger partial charge in [0.25, 0.3) is 0 Å². The minimum Gasteiger partial charge on any atom is -0.508 e. The van der Waals surface area contributed by atoms with Crippen LogP contribution in [0.2, 0.25) is 0 Å². The Labute approximate surface area is 111 Å². The van der Waals surface area contributed by atoms with Crippen molar-refractivity contribution < 1.29 is 15.0 Å². The van der Waals surface area contributed by atoms with Gasteiger partial charge in [-0.05, 0) is 36.3 Å². The van der Waals surface area contributed by atoms with Crippen molar-refractivity contribution in [2.24, 2.45) is 0 Å². The molecule has 0 fully saturated rings. The molecule has 0 heterocycles. The van der Waals surface area contributed by atoms with Crippen LogP contribution in [0.4, 0.5) is 0 Å². The summed E-state index contributed by atoms with van der Waals surface area (Å²) >= 11 is 0. The zero-order valence-corrected chi connectivity index (χ0v) is 10.5. The van der Waals surface area contributed by atoms with E-state index in [1.165, 1.54) is 12.1 Å². The van der Waals surface area contributed by atoms with E-state index in [1.54, 1.807) is 13.0 Å². The molecule has 0 radical (unpaired) electrons. The van der Waals surface area contributed by atoms with Crippen LogP contribution in [-0.4, -0.2) is 16.0 Å². The Balaban J connectivity index is 2.31. The molecule has 0 amide bonds. The van der Waals surface area contributed by atoms with Crippen LogP contribution in [-0.2, 0) is 0 Å². The smallest absolute Gasteiger partial charge is 0.192 e. The molecule has 0 aliphatic rings. The number of aromatic hydroxyl groups is 2. The van der Waals surface area contributed by atoms with Crippen LogP contribution in [0.25, 0.3) is 6.08 Å². The Morgan fingerprint density at radius 2 is 1.74 bits per heavy atom. The second-order valence-electron chi connectivity index (χ2n) is 4.27. The van der Waals surface area contributed by atoms with E-state index in [4.69, 9.17) is 0 Å². The average molecular weight is 254 g/mol. The third kappa shape index (κ3) is 3.01. The molecule has 2 N–H and O–H groups in total. The van der Waals surface area contributed by atoms with E-state index in [-0.39, 0.29) is 22.8 Å². The van der Waals surface area contributed by atoms with Crippen LogP contribution in [0.15, 0.2) is 54.1 Å². The maximum atomic E-state index is 12.2. The number of carbonyl (C=O) groups is 1. The van der Waals surface area contributed by atoms with E-state index in [0.29, 0.717) is 5.57 Å². The number of carbonyl (C=O) groups excluding carboxylic acids is 1. The summed E-state index contributed by atoms with van der Waals surface area (Å²) < 4.78 is 0. The molecule has 0 aliphatic carbocycles. The van der Waals surface area contributed by atoms with E-state index in [9.17, 15) is 15.0 Å². The maximum Gasteiger partial charge on any atom is 0.192 e. The van der Waals surface area contributed by atoms with Gasteiger partial charge >= 0.3 is 0 Å². The molecule has 2 aromatic rings. The van der Waals surface area contributed by atoms with Gasteiger partial charge in [0.1, 0.15) is 11.5 Å². The first-order valence-corrected chi connectivity index (χ1v) is 5.88. The lowest BCUT2D eigenvalue weighted by molar-refractivity contribution is 0.103. The van der Waals surface area contributed by atoms with Gasteiger partial charge in [-0.3, -0.25) is 4.79 Å². The summed E-state index contributed by atoms with van der Waals surface area (Å²) in [7, 11) is 0. The van der Waals surface area contributed by atoms with Crippen LogP contribution in [0.5, 0.6) is 11.5 Å². The number of phenols is 2. The largest absolute Gasteiger partial charge is 0.508 e. The van der Waals surface area contributed by atoms with Crippen molar-refractivity contribution in [1.29, 1.82) is 0 Å². The van der Waals surface area contributed by atoms with Crippen LogP contribution in [0.1, 0.15) is 22.8 Å². The standard InChI is InChI=1S/C16H14O3/c1-11(9-12-5-3-2-4-6-12)16(19)14-8-7-13(17)10-15(14)18/h2-10,17-18H,1H3/b11-9+. The summed E-state index contributed by atoms with van der Waals surface area (Å²) in [4.78, 5) is 12.2. The lowest BCUT2D eigenvalue weighted by atomic mass is 10.0. The summed E-state index contributed by atoms with van der Waals surface area (Å²) in [5.74, 6) is -0.550. The molecule has 3 heteroatoms. The molecule has 0 atom stereocenters. The quantitative estimate of drug-likeness (QED) is 0.652. The van der Waals surface area contributed by atoms with Crippen LogP contribution < -0.4 is 0 Å². The van der Waals surface area contributed by atoms with Gasteiger partial charge < -0.3 is 10.2 Å².